The minimum atomic E-state index is -0.719. The van der Waals surface area contributed by atoms with Gasteiger partial charge in [0.1, 0.15) is 35.9 Å². The van der Waals surface area contributed by atoms with Crippen LogP contribution in [0.2, 0.25) is 0 Å². The second-order valence-corrected chi connectivity index (χ2v) is 21.2. The lowest BCUT2D eigenvalue weighted by molar-refractivity contribution is -0.136. The highest BCUT2D eigenvalue weighted by Gasteiger charge is 2.51. The second kappa shape index (κ2) is 22.2. The molecular weight excluding hydrogens is 927 g/mol. The van der Waals surface area contributed by atoms with Crippen LogP contribution in [0, 0.1) is 11.8 Å². The van der Waals surface area contributed by atoms with Gasteiger partial charge in [0.25, 0.3) is 0 Å². The summed E-state index contributed by atoms with van der Waals surface area (Å²) in [5, 5.41) is 5.45. The summed E-state index contributed by atoms with van der Waals surface area (Å²) in [5.41, 5.74) is 7.87. The number of nitrogens with one attached hydrogen (secondary N) is 4. The average Bonchev–Trinajstić information content (AvgIpc) is 4.26. The third-order valence-corrected chi connectivity index (χ3v) is 14.9. The summed E-state index contributed by atoms with van der Waals surface area (Å²) in [6.07, 6.45) is 4.80. The normalized spacial score (nSPS) is 22.0. The third kappa shape index (κ3) is 10.8. The molecule has 3 aliphatic heterocycles. The van der Waals surface area contributed by atoms with Gasteiger partial charge >= 0.3 is 12.2 Å². The van der Waals surface area contributed by atoms with Crippen molar-refractivity contribution in [3.8, 4) is 22.5 Å². The molecule has 17 nitrogen and oxygen atoms in total. The predicted molar refractivity (Wildman–Crippen MR) is 278 cm³/mol. The zero-order valence-corrected chi connectivity index (χ0v) is 44.1. The molecule has 0 radical (unpaired) electrons. The smallest absolute Gasteiger partial charge is 0.407 e. The number of methoxy groups -OCH3 is 4. The summed E-state index contributed by atoms with van der Waals surface area (Å²) in [6.45, 7) is 15.4. The molecule has 0 spiro atoms. The van der Waals surface area contributed by atoms with Gasteiger partial charge in [0.15, 0.2) is 0 Å². The number of ether oxygens (including phenoxy) is 4. The van der Waals surface area contributed by atoms with Crippen LogP contribution in [0.3, 0.4) is 0 Å². The van der Waals surface area contributed by atoms with Crippen LogP contribution < -0.4 is 15.5 Å². The molecule has 0 unspecified atom stereocenters. The minimum Gasteiger partial charge on any atom is -0.453 e. The number of alkyl carbamates (subject to hydrolysis) is 2. The largest absolute Gasteiger partial charge is 0.453 e. The van der Waals surface area contributed by atoms with E-state index < -0.39 is 24.3 Å². The molecule has 3 fully saturated rings. The van der Waals surface area contributed by atoms with E-state index in [9.17, 15) is 19.2 Å². The van der Waals surface area contributed by atoms with Crippen LogP contribution in [0.15, 0.2) is 85.2 Å². The number of imidazole rings is 2. The maximum absolute atomic E-state index is 13.8. The standard InChI is InChI=1S/C56H73N9O8/c1-32(2)44(61-54(68)72-10)52(66)63-28-12-14-42(63)50-57-30-40(59-50)34-16-20-36(21-17-34)46-48(70-8)49(71-9)47(65(46)39-26-24-38(25-27-39)56(5,6)7)37-22-18-35(19-23-37)41-31-58-51(60-41)43-15-13-29-64(43)53(67)45(33(3)4)62-55(69)73-11/h16-27,30-33,42-49H,12-15,28-29H2,1-11H3,(H,57,59)(H,58,60)(H,61,68)(H,62,69)/t42-,43-,44-,45-,46+,47+,48-,49-/m0/s1. The summed E-state index contributed by atoms with van der Waals surface area (Å²) < 4.78 is 22.5. The average molecular weight is 1000 g/mol. The first-order chi connectivity index (χ1) is 35.0. The van der Waals surface area contributed by atoms with E-state index in [0.29, 0.717) is 24.7 Å². The molecule has 0 aliphatic carbocycles. The van der Waals surface area contributed by atoms with Crippen molar-refractivity contribution in [3.63, 3.8) is 0 Å². The van der Waals surface area contributed by atoms with Crippen molar-refractivity contribution in [1.82, 2.24) is 40.4 Å². The highest BCUT2D eigenvalue weighted by Crippen LogP contribution is 2.50. The first-order valence-electron chi connectivity index (χ1n) is 25.5. The molecule has 0 saturated carbocycles. The van der Waals surface area contributed by atoms with Crippen molar-refractivity contribution in [2.75, 3.05) is 46.4 Å². The van der Waals surface area contributed by atoms with Crippen LogP contribution >= 0.6 is 0 Å². The fourth-order valence-electron chi connectivity index (χ4n) is 10.9. The molecule has 3 aromatic carbocycles. The number of benzene rings is 3. The number of carbonyl (C=O) groups excluding carboxylic acids is 4. The zero-order chi connectivity index (χ0) is 52.3. The maximum Gasteiger partial charge on any atom is 0.407 e. The van der Waals surface area contributed by atoms with Gasteiger partial charge in [-0.2, -0.15) is 0 Å². The van der Waals surface area contributed by atoms with Crippen molar-refractivity contribution >= 4 is 29.7 Å². The van der Waals surface area contributed by atoms with Gasteiger partial charge in [-0.3, -0.25) is 9.59 Å². The van der Waals surface area contributed by atoms with Crippen molar-refractivity contribution in [1.29, 1.82) is 0 Å². The molecule has 0 bridgehead atoms. The number of carbonyl (C=O) groups is 4. The quantitative estimate of drug-likeness (QED) is 0.0781. The van der Waals surface area contributed by atoms with E-state index in [4.69, 9.17) is 28.9 Å². The maximum atomic E-state index is 13.8. The van der Waals surface area contributed by atoms with Crippen molar-refractivity contribution < 1.29 is 38.1 Å². The summed E-state index contributed by atoms with van der Waals surface area (Å²) >= 11 is 0. The molecule has 5 heterocycles. The monoisotopic (exact) mass is 1000 g/mol. The molecule has 4 N–H and O–H groups in total. The van der Waals surface area contributed by atoms with E-state index in [-0.39, 0.29) is 65.4 Å². The highest BCUT2D eigenvalue weighted by atomic mass is 16.5. The number of H-pyrrole nitrogens is 2. The van der Waals surface area contributed by atoms with E-state index in [1.165, 1.54) is 19.8 Å². The number of aromatic amines is 2. The lowest BCUT2D eigenvalue weighted by atomic mass is 9.87. The fourth-order valence-corrected chi connectivity index (χ4v) is 10.9. The Labute approximate surface area is 429 Å². The Bertz CT molecular complexity index is 2540. The van der Waals surface area contributed by atoms with E-state index in [2.05, 4.69) is 119 Å². The van der Waals surface area contributed by atoms with Gasteiger partial charge in [-0.25, -0.2) is 19.6 Å². The van der Waals surface area contributed by atoms with Gasteiger partial charge in [-0.1, -0.05) is 109 Å². The molecule has 17 heteroatoms. The number of aromatic nitrogens is 4. The summed E-state index contributed by atoms with van der Waals surface area (Å²) in [7, 11) is 6.08. The Morgan fingerprint density at radius 1 is 0.603 bits per heavy atom. The molecule has 3 saturated heterocycles. The Morgan fingerprint density at radius 3 is 1.34 bits per heavy atom. The van der Waals surface area contributed by atoms with Crippen molar-refractivity contribution in [2.45, 2.75) is 128 Å². The summed E-state index contributed by atoms with van der Waals surface area (Å²) in [5.74, 6) is 0.831. The van der Waals surface area contributed by atoms with E-state index in [1.807, 2.05) is 49.9 Å². The van der Waals surface area contributed by atoms with E-state index >= 15 is 0 Å². The molecule has 5 aromatic rings. The number of nitrogens with zero attached hydrogens (tertiary/aromatic N) is 5. The Hall–Kier alpha value is -6.72. The number of amides is 4. The third-order valence-electron chi connectivity index (χ3n) is 14.9. The molecule has 2 aromatic heterocycles. The van der Waals surface area contributed by atoms with Crippen LogP contribution in [0.4, 0.5) is 15.3 Å². The number of hydrogen-bond donors (Lipinski definition) is 4. The Morgan fingerprint density at radius 2 is 1.00 bits per heavy atom. The lowest BCUT2D eigenvalue weighted by Crippen LogP contribution is -2.51. The number of anilines is 1. The fraction of sp³-hybridized carbons (Fsp3) is 0.500. The lowest BCUT2D eigenvalue weighted by Gasteiger charge is -2.34. The van der Waals surface area contributed by atoms with Gasteiger partial charge in [0, 0.05) is 33.0 Å². The molecule has 73 heavy (non-hydrogen) atoms. The van der Waals surface area contributed by atoms with Crippen LogP contribution in [0.1, 0.15) is 127 Å². The Kier molecular flexibility index (Phi) is 16.0. The molecule has 8 rings (SSSR count). The summed E-state index contributed by atoms with van der Waals surface area (Å²) in [6, 6.07) is 23.3. The van der Waals surface area contributed by atoms with Crippen molar-refractivity contribution in [2.24, 2.45) is 11.8 Å². The zero-order valence-electron chi connectivity index (χ0n) is 44.1. The molecule has 3 aliphatic rings. The number of likely N-dealkylation sites (tertiary alicyclic amines) is 2. The number of rotatable bonds is 15. The SMILES string of the molecule is COC(=O)N[C@H](C(=O)N1CCC[C@H]1c1ncc(-c2ccc([C@@H]3[C@H](OC)[C@@H](OC)[C@@H](c4ccc(-c5cnc([C@@H]6CCCN6C(=O)[C@@H](NC(=O)OC)C(C)C)[nH]5)cc4)N3c3ccc(C(C)(C)C)cc3)cc2)[nH]1)C(C)C. The van der Waals surface area contributed by atoms with Crippen LogP contribution in [0.25, 0.3) is 22.5 Å². The van der Waals surface area contributed by atoms with E-state index in [1.54, 1.807) is 14.2 Å². The molecule has 8 atom stereocenters. The first-order valence-corrected chi connectivity index (χ1v) is 25.5. The van der Waals surface area contributed by atoms with Gasteiger partial charge in [-0.05, 0) is 82.9 Å². The molecule has 390 valence electrons. The van der Waals surface area contributed by atoms with Gasteiger partial charge in [0.2, 0.25) is 11.8 Å². The van der Waals surface area contributed by atoms with Crippen LogP contribution in [0.5, 0.6) is 0 Å². The minimum absolute atomic E-state index is 0.0369. The summed E-state index contributed by atoms with van der Waals surface area (Å²) in [4.78, 5) is 74.6. The van der Waals surface area contributed by atoms with Crippen LogP contribution in [-0.4, -0.2) is 120 Å². The Balaban J connectivity index is 1.07. The predicted octanol–water partition coefficient (Wildman–Crippen LogP) is 9.19. The van der Waals surface area contributed by atoms with Gasteiger partial charge < -0.3 is 54.2 Å². The topological polar surface area (TPSA) is 196 Å². The highest BCUT2D eigenvalue weighted by molar-refractivity contribution is 5.87. The van der Waals surface area contributed by atoms with Crippen molar-refractivity contribution in [3.05, 3.63) is 114 Å². The molecule has 4 amide bonds. The first kappa shape index (κ1) is 52.6. The van der Waals surface area contributed by atoms with Crippen LogP contribution in [-0.2, 0) is 34.0 Å². The van der Waals surface area contributed by atoms with E-state index in [0.717, 1.165) is 65.0 Å². The second-order valence-electron chi connectivity index (χ2n) is 21.2. The molecular formula is C56H73N9O8. The number of hydrogen-bond acceptors (Lipinski definition) is 11. The van der Waals surface area contributed by atoms with Gasteiger partial charge in [-0.15, -0.1) is 0 Å². The van der Waals surface area contributed by atoms with Gasteiger partial charge in [0.05, 0.1) is 62.2 Å².